The van der Waals surface area contributed by atoms with Gasteiger partial charge in [-0.15, -0.1) is 0 Å². The van der Waals surface area contributed by atoms with E-state index >= 15 is 0 Å². The van der Waals surface area contributed by atoms with E-state index in [-0.39, 0.29) is 18.0 Å². The molecule has 2 N–H and O–H groups in total. The molecule has 112 valence electrons. The molecule has 1 aromatic heterocycles. The van der Waals surface area contributed by atoms with Gasteiger partial charge in [0.15, 0.2) is 0 Å². The summed E-state index contributed by atoms with van der Waals surface area (Å²) in [4.78, 5) is 0. The predicted octanol–water partition coefficient (Wildman–Crippen LogP) is 2.40. The van der Waals surface area contributed by atoms with Gasteiger partial charge >= 0.3 is 0 Å². The Morgan fingerprint density at radius 3 is 2.95 bits per heavy atom. The smallest absolute Gasteiger partial charge is 0.218 e. The average Bonchev–Trinajstić information content (AvgIpc) is 2.71. The number of rotatable bonds is 2. The predicted molar refractivity (Wildman–Crippen MR) is 75.8 cm³/mol. The van der Waals surface area contributed by atoms with Crippen LogP contribution < -0.4 is 15.2 Å². The van der Waals surface area contributed by atoms with Crippen molar-refractivity contribution in [3.8, 4) is 11.6 Å². The molecule has 2 atom stereocenters. The first-order valence-electron chi connectivity index (χ1n) is 6.80. The zero-order valence-corrected chi connectivity index (χ0v) is 12.3. The molecule has 2 aromatic rings. The number of nitrogens with two attached hydrogens (primary N) is 1. The summed E-state index contributed by atoms with van der Waals surface area (Å²) in [7, 11) is 3.40. The van der Waals surface area contributed by atoms with E-state index in [9.17, 15) is 4.39 Å². The van der Waals surface area contributed by atoms with E-state index in [4.69, 9.17) is 15.2 Å². The molecule has 0 saturated carbocycles. The van der Waals surface area contributed by atoms with Crippen molar-refractivity contribution in [3.05, 3.63) is 40.8 Å². The Bertz CT molecular complexity index is 684. The Balaban J connectivity index is 2.03. The molecule has 5 nitrogen and oxygen atoms in total. The second-order valence-electron chi connectivity index (χ2n) is 5.26. The fourth-order valence-corrected chi connectivity index (χ4v) is 2.92. The molecule has 0 saturated heterocycles. The summed E-state index contributed by atoms with van der Waals surface area (Å²) in [6, 6.07) is 4.25. The highest BCUT2D eigenvalue weighted by Crippen LogP contribution is 2.43. The summed E-state index contributed by atoms with van der Waals surface area (Å²) >= 11 is 0. The fourth-order valence-electron chi connectivity index (χ4n) is 2.92. The highest BCUT2D eigenvalue weighted by Gasteiger charge is 2.32. The maximum absolute atomic E-state index is 13.4. The molecule has 0 aliphatic carbocycles. The number of nitrogens with zero attached hydrogens (tertiary/aromatic N) is 2. The number of ether oxygens (including phenoxy) is 2. The average molecular weight is 291 g/mol. The second-order valence-corrected chi connectivity index (χ2v) is 5.26. The summed E-state index contributed by atoms with van der Waals surface area (Å²) in [6.45, 7) is 1.90. The molecule has 0 radical (unpaired) electrons. The van der Waals surface area contributed by atoms with Crippen LogP contribution in [0.25, 0.3) is 0 Å². The number of halogens is 1. The molecule has 1 aromatic carbocycles. The molecule has 0 bridgehead atoms. The lowest BCUT2D eigenvalue weighted by Crippen LogP contribution is -2.24. The first kappa shape index (κ1) is 13.9. The summed E-state index contributed by atoms with van der Waals surface area (Å²) in [6.07, 6.45) is 0.305. The minimum absolute atomic E-state index is 0.205. The third-order valence-corrected chi connectivity index (χ3v) is 3.84. The van der Waals surface area contributed by atoms with Crippen molar-refractivity contribution in [1.82, 2.24) is 9.78 Å². The zero-order chi connectivity index (χ0) is 15.1. The molecule has 1 aliphatic heterocycles. The van der Waals surface area contributed by atoms with Crippen molar-refractivity contribution in [2.45, 2.75) is 25.5 Å². The van der Waals surface area contributed by atoms with Crippen LogP contribution >= 0.6 is 0 Å². The number of aromatic nitrogens is 2. The molecule has 2 heterocycles. The van der Waals surface area contributed by atoms with Crippen molar-refractivity contribution in [1.29, 1.82) is 0 Å². The normalized spacial score (nSPS) is 20.8. The van der Waals surface area contributed by atoms with Gasteiger partial charge < -0.3 is 15.2 Å². The maximum atomic E-state index is 13.4. The van der Waals surface area contributed by atoms with Crippen molar-refractivity contribution in [2.75, 3.05) is 7.11 Å². The molecular weight excluding hydrogens is 273 g/mol. The molecular formula is C15H18FN3O2. The van der Waals surface area contributed by atoms with E-state index in [1.807, 2.05) is 14.0 Å². The van der Waals surface area contributed by atoms with Gasteiger partial charge in [0.05, 0.1) is 18.4 Å². The van der Waals surface area contributed by atoms with E-state index in [0.29, 0.717) is 18.1 Å². The van der Waals surface area contributed by atoms with Crippen LogP contribution in [-0.4, -0.2) is 16.9 Å². The number of benzene rings is 1. The largest absolute Gasteiger partial charge is 0.485 e. The lowest BCUT2D eigenvalue weighted by Gasteiger charge is -2.30. The van der Waals surface area contributed by atoms with E-state index in [1.165, 1.54) is 12.1 Å². The Kier molecular flexibility index (Phi) is 3.33. The van der Waals surface area contributed by atoms with Gasteiger partial charge in [-0.3, -0.25) is 0 Å². The molecule has 0 spiro atoms. The number of hydrogen-bond donors (Lipinski definition) is 1. The quantitative estimate of drug-likeness (QED) is 0.923. The number of methoxy groups -OCH3 is 1. The molecule has 3 rings (SSSR count). The highest BCUT2D eigenvalue weighted by atomic mass is 19.1. The zero-order valence-electron chi connectivity index (χ0n) is 12.3. The third-order valence-electron chi connectivity index (χ3n) is 3.84. The number of fused-ring (bicyclic) bond motifs is 1. The van der Waals surface area contributed by atoms with Crippen molar-refractivity contribution in [2.24, 2.45) is 12.8 Å². The van der Waals surface area contributed by atoms with E-state index < -0.39 is 0 Å². The number of aryl methyl sites for hydroxylation is 2. The molecule has 2 unspecified atom stereocenters. The van der Waals surface area contributed by atoms with Crippen LogP contribution in [0.3, 0.4) is 0 Å². The Hall–Kier alpha value is -2.08. The first-order valence-corrected chi connectivity index (χ1v) is 6.80. The summed E-state index contributed by atoms with van der Waals surface area (Å²) in [5.74, 6) is 0.796. The van der Waals surface area contributed by atoms with Crippen LogP contribution in [0.1, 0.15) is 35.4 Å². The Morgan fingerprint density at radius 2 is 2.24 bits per heavy atom. The van der Waals surface area contributed by atoms with Gasteiger partial charge in [0, 0.05) is 31.1 Å². The SMILES string of the molecule is COc1c(C2CC(N)c3ccc(F)cc3O2)c(C)nn1C. The van der Waals surface area contributed by atoms with Gasteiger partial charge in [0.1, 0.15) is 17.7 Å². The van der Waals surface area contributed by atoms with Crippen LogP contribution in [0.4, 0.5) is 4.39 Å². The van der Waals surface area contributed by atoms with E-state index in [2.05, 4.69) is 5.10 Å². The van der Waals surface area contributed by atoms with Crippen molar-refractivity contribution < 1.29 is 13.9 Å². The van der Waals surface area contributed by atoms with Crippen LogP contribution in [0.15, 0.2) is 18.2 Å². The first-order chi connectivity index (χ1) is 10.0. The van der Waals surface area contributed by atoms with Crippen LogP contribution in [0.2, 0.25) is 0 Å². The van der Waals surface area contributed by atoms with Crippen LogP contribution in [-0.2, 0) is 7.05 Å². The van der Waals surface area contributed by atoms with Crippen molar-refractivity contribution in [3.63, 3.8) is 0 Å². The Morgan fingerprint density at radius 1 is 1.48 bits per heavy atom. The Labute approximate surface area is 122 Å². The van der Waals surface area contributed by atoms with Crippen LogP contribution in [0.5, 0.6) is 11.6 Å². The van der Waals surface area contributed by atoms with E-state index in [0.717, 1.165) is 16.8 Å². The van der Waals surface area contributed by atoms with E-state index in [1.54, 1.807) is 17.9 Å². The molecule has 0 amide bonds. The third kappa shape index (κ3) is 2.25. The summed E-state index contributed by atoms with van der Waals surface area (Å²) in [5.41, 5.74) is 8.72. The van der Waals surface area contributed by atoms with Crippen LogP contribution in [0, 0.1) is 12.7 Å². The van der Waals surface area contributed by atoms with Gasteiger partial charge in [-0.05, 0) is 13.0 Å². The lowest BCUT2D eigenvalue weighted by molar-refractivity contribution is 0.156. The summed E-state index contributed by atoms with van der Waals surface area (Å²) < 4.78 is 26.4. The highest BCUT2D eigenvalue weighted by molar-refractivity contribution is 5.42. The molecule has 6 heteroatoms. The lowest BCUT2D eigenvalue weighted by atomic mass is 9.93. The maximum Gasteiger partial charge on any atom is 0.218 e. The topological polar surface area (TPSA) is 62.3 Å². The van der Waals surface area contributed by atoms with Crippen molar-refractivity contribution >= 4 is 0 Å². The minimum Gasteiger partial charge on any atom is -0.485 e. The van der Waals surface area contributed by atoms with Gasteiger partial charge in [-0.25, -0.2) is 9.07 Å². The molecule has 21 heavy (non-hydrogen) atoms. The molecule has 0 fully saturated rings. The fraction of sp³-hybridized carbons (Fsp3) is 0.400. The summed E-state index contributed by atoms with van der Waals surface area (Å²) in [5, 5.41) is 4.35. The molecule has 1 aliphatic rings. The van der Waals surface area contributed by atoms with Gasteiger partial charge in [-0.2, -0.15) is 5.10 Å². The minimum atomic E-state index is -0.337. The monoisotopic (exact) mass is 291 g/mol. The standard InChI is InChI=1S/C15H18FN3O2/c1-8-14(15(20-3)19(2)18-8)13-7-11(17)10-5-4-9(16)6-12(10)21-13/h4-6,11,13H,7,17H2,1-3H3. The van der Waals surface area contributed by atoms with Gasteiger partial charge in [0.25, 0.3) is 0 Å². The van der Waals surface area contributed by atoms with Gasteiger partial charge in [-0.1, -0.05) is 6.07 Å². The second kappa shape index (κ2) is 5.04. The van der Waals surface area contributed by atoms with Gasteiger partial charge in [0.2, 0.25) is 5.88 Å². The number of hydrogen-bond acceptors (Lipinski definition) is 4.